The van der Waals surface area contributed by atoms with Crippen LogP contribution in [-0.4, -0.2) is 24.2 Å². The molecule has 118 valence electrons. The molecule has 2 aromatic carbocycles. The summed E-state index contributed by atoms with van der Waals surface area (Å²) in [7, 11) is 0. The third kappa shape index (κ3) is 4.20. The fourth-order valence-corrected chi connectivity index (χ4v) is 2.97. The molecule has 0 bridgehead atoms. The average Bonchev–Trinajstić information content (AvgIpc) is 2.94. The highest BCUT2D eigenvalue weighted by molar-refractivity contribution is 7.22. The molecule has 1 aromatic heterocycles. The van der Waals surface area contributed by atoms with Gasteiger partial charge < -0.3 is 10.1 Å². The number of benzene rings is 2. The van der Waals surface area contributed by atoms with Crippen LogP contribution in [0.2, 0.25) is 0 Å². The average molecular weight is 327 g/mol. The van der Waals surface area contributed by atoms with Crippen LogP contribution in [0.15, 0.2) is 48.5 Å². The van der Waals surface area contributed by atoms with E-state index in [2.05, 4.69) is 15.6 Å². The first-order chi connectivity index (χ1) is 11.2. The number of aromatic nitrogens is 1. The summed E-state index contributed by atoms with van der Waals surface area (Å²) in [6.45, 7) is 2.85. The number of para-hydroxylation sites is 1. The van der Waals surface area contributed by atoms with Crippen molar-refractivity contribution in [3.63, 3.8) is 0 Å². The van der Waals surface area contributed by atoms with Crippen molar-refractivity contribution >= 4 is 32.7 Å². The standard InChI is InChI=1S/C17H17N3O2S/c1-12-5-4-6-13(11-12)22-10-9-18-16(21)20-17-19-14-7-2-3-8-15(14)23-17/h2-8,11H,9-10H2,1H3,(H2,18,19,20,21). The van der Waals surface area contributed by atoms with Crippen molar-refractivity contribution in [2.45, 2.75) is 6.92 Å². The van der Waals surface area contributed by atoms with Gasteiger partial charge in [-0.3, -0.25) is 5.32 Å². The number of urea groups is 1. The maximum atomic E-state index is 11.8. The minimum Gasteiger partial charge on any atom is -0.492 e. The predicted octanol–water partition coefficient (Wildman–Crippen LogP) is 3.81. The zero-order valence-electron chi connectivity index (χ0n) is 12.7. The Bertz CT molecular complexity index is 783. The van der Waals surface area contributed by atoms with Crippen LogP contribution in [0.3, 0.4) is 0 Å². The van der Waals surface area contributed by atoms with Gasteiger partial charge in [-0.05, 0) is 36.8 Å². The van der Waals surface area contributed by atoms with E-state index in [9.17, 15) is 4.79 Å². The summed E-state index contributed by atoms with van der Waals surface area (Å²) in [5, 5.41) is 6.08. The largest absolute Gasteiger partial charge is 0.492 e. The van der Waals surface area contributed by atoms with Gasteiger partial charge in [0, 0.05) is 0 Å². The zero-order valence-corrected chi connectivity index (χ0v) is 13.5. The number of carbonyl (C=O) groups is 1. The van der Waals surface area contributed by atoms with Crippen LogP contribution < -0.4 is 15.4 Å². The monoisotopic (exact) mass is 327 g/mol. The van der Waals surface area contributed by atoms with Crippen LogP contribution in [0, 0.1) is 6.92 Å². The van der Waals surface area contributed by atoms with Gasteiger partial charge in [0.2, 0.25) is 0 Å². The lowest BCUT2D eigenvalue weighted by molar-refractivity contribution is 0.247. The summed E-state index contributed by atoms with van der Waals surface area (Å²) in [5.41, 5.74) is 2.03. The minimum atomic E-state index is -0.281. The molecular weight excluding hydrogens is 310 g/mol. The van der Waals surface area contributed by atoms with E-state index in [4.69, 9.17) is 4.74 Å². The summed E-state index contributed by atoms with van der Waals surface area (Å²) in [6.07, 6.45) is 0. The maximum Gasteiger partial charge on any atom is 0.321 e. The highest BCUT2D eigenvalue weighted by Gasteiger charge is 2.06. The van der Waals surface area contributed by atoms with Crippen LogP contribution >= 0.6 is 11.3 Å². The van der Waals surface area contributed by atoms with E-state index in [-0.39, 0.29) is 6.03 Å². The normalized spacial score (nSPS) is 10.5. The first-order valence-electron chi connectivity index (χ1n) is 7.30. The smallest absolute Gasteiger partial charge is 0.321 e. The number of aryl methyl sites for hydroxylation is 1. The van der Waals surface area contributed by atoms with Crippen LogP contribution in [-0.2, 0) is 0 Å². The number of ether oxygens (including phenoxy) is 1. The molecule has 3 rings (SSSR count). The molecule has 23 heavy (non-hydrogen) atoms. The van der Waals surface area contributed by atoms with E-state index < -0.39 is 0 Å². The molecule has 0 aliphatic heterocycles. The molecule has 1 heterocycles. The predicted molar refractivity (Wildman–Crippen MR) is 93.3 cm³/mol. The van der Waals surface area contributed by atoms with E-state index in [1.807, 2.05) is 55.5 Å². The zero-order chi connectivity index (χ0) is 16.1. The number of nitrogens with zero attached hydrogens (tertiary/aromatic N) is 1. The van der Waals surface area contributed by atoms with Gasteiger partial charge in [-0.1, -0.05) is 35.6 Å². The number of fused-ring (bicyclic) bond motifs is 1. The van der Waals surface area contributed by atoms with Gasteiger partial charge in [0.25, 0.3) is 0 Å². The summed E-state index contributed by atoms with van der Waals surface area (Å²) >= 11 is 1.45. The van der Waals surface area contributed by atoms with Crippen LogP contribution in [0.4, 0.5) is 9.93 Å². The molecular formula is C17H17N3O2S. The van der Waals surface area contributed by atoms with Crippen molar-refractivity contribution < 1.29 is 9.53 Å². The first kappa shape index (κ1) is 15.3. The van der Waals surface area contributed by atoms with Gasteiger partial charge in [0.1, 0.15) is 12.4 Å². The molecule has 2 amide bonds. The fraction of sp³-hybridized carbons (Fsp3) is 0.176. The van der Waals surface area contributed by atoms with Crippen LogP contribution in [0.1, 0.15) is 5.56 Å². The van der Waals surface area contributed by atoms with Gasteiger partial charge in [0.15, 0.2) is 5.13 Å². The SMILES string of the molecule is Cc1cccc(OCCNC(=O)Nc2nc3ccccc3s2)c1. The maximum absolute atomic E-state index is 11.8. The third-order valence-electron chi connectivity index (χ3n) is 3.16. The van der Waals surface area contributed by atoms with Crippen molar-refractivity contribution in [3.8, 4) is 5.75 Å². The number of thiazole rings is 1. The molecule has 0 saturated heterocycles. The lowest BCUT2D eigenvalue weighted by atomic mass is 10.2. The van der Waals surface area contributed by atoms with E-state index in [0.717, 1.165) is 21.5 Å². The molecule has 0 unspecified atom stereocenters. The second-order valence-electron chi connectivity index (χ2n) is 5.03. The molecule has 2 N–H and O–H groups in total. The molecule has 6 heteroatoms. The molecule has 0 saturated carbocycles. The Morgan fingerprint density at radius 1 is 1.22 bits per heavy atom. The minimum absolute atomic E-state index is 0.281. The summed E-state index contributed by atoms with van der Waals surface area (Å²) in [4.78, 5) is 16.2. The Labute approximate surface area is 138 Å². The quantitative estimate of drug-likeness (QED) is 0.701. The first-order valence-corrected chi connectivity index (χ1v) is 8.12. The Kier molecular flexibility index (Phi) is 4.73. The Morgan fingerprint density at radius 2 is 2.09 bits per heavy atom. The Hall–Kier alpha value is -2.60. The summed E-state index contributed by atoms with van der Waals surface area (Å²) < 4.78 is 6.63. The van der Waals surface area contributed by atoms with E-state index in [1.54, 1.807) is 0 Å². The van der Waals surface area contributed by atoms with E-state index in [1.165, 1.54) is 11.3 Å². The van der Waals surface area contributed by atoms with Crippen molar-refractivity contribution in [1.82, 2.24) is 10.3 Å². The second-order valence-corrected chi connectivity index (χ2v) is 6.06. The summed E-state index contributed by atoms with van der Waals surface area (Å²) in [5.74, 6) is 0.804. The highest BCUT2D eigenvalue weighted by Crippen LogP contribution is 2.25. The molecule has 0 spiro atoms. The highest BCUT2D eigenvalue weighted by atomic mass is 32.1. The molecule has 0 fully saturated rings. The van der Waals surface area contributed by atoms with Crippen molar-refractivity contribution in [3.05, 3.63) is 54.1 Å². The van der Waals surface area contributed by atoms with E-state index in [0.29, 0.717) is 18.3 Å². The Morgan fingerprint density at radius 3 is 2.91 bits per heavy atom. The number of amides is 2. The number of carbonyl (C=O) groups excluding carboxylic acids is 1. The van der Waals surface area contributed by atoms with Gasteiger partial charge in [0.05, 0.1) is 16.8 Å². The number of rotatable bonds is 5. The molecule has 0 atom stereocenters. The van der Waals surface area contributed by atoms with Gasteiger partial charge in [-0.2, -0.15) is 0 Å². The van der Waals surface area contributed by atoms with Gasteiger partial charge >= 0.3 is 6.03 Å². The molecule has 0 aliphatic rings. The molecule has 3 aromatic rings. The van der Waals surface area contributed by atoms with Gasteiger partial charge in [-0.25, -0.2) is 9.78 Å². The fourth-order valence-electron chi connectivity index (χ4n) is 2.11. The molecule has 5 nitrogen and oxygen atoms in total. The van der Waals surface area contributed by atoms with Crippen molar-refractivity contribution in [2.75, 3.05) is 18.5 Å². The van der Waals surface area contributed by atoms with Crippen molar-refractivity contribution in [2.24, 2.45) is 0 Å². The Balaban J connectivity index is 1.44. The second kappa shape index (κ2) is 7.11. The number of anilines is 1. The summed E-state index contributed by atoms with van der Waals surface area (Å²) in [6, 6.07) is 15.3. The van der Waals surface area contributed by atoms with Crippen molar-refractivity contribution in [1.29, 1.82) is 0 Å². The van der Waals surface area contributed by atoms with Crippen LogP contribution in [0.25, 0.3) is 10.2 Å². The number of nitrogens with one attached hydrogen (secondary N) is 2. The lowest BCUT2D eigenvalue weighted by Crippen LogP contribution is -2.32. The number of hydrogen-bond acceptors (Lipinski definition) is 4. The van der Waals surface area contributed by atoms with Gasteiger partial charge in [-0.15, -0.1) is 0 Å². The topological polar surface area (TPSA) is 63.2 Å². The molecule has 0 aliphatic carbocycles. The third-order valence-corrected chi connectivity index (χ3v) is 4.11. The number of hydrogen-bond donors (Lipinski definition) is 2. The van der Waals surface area contributed by atoms with E-state index >= 15 is 0 Å². The molecule has 0 radical (unpaired) electrons. The lowest BCUT2D eigenvalue weighted by Gasteiger charge is -2.08. The van der Waals surface area contributed by atoms with Crippen LogP contribution in [0.5, 0.6) is 5.75 Å².